The molecule has 1 aromatic carbocycles. The first-order chi connectivity index (χ1) is 8.40. The van der Waals surface area contributed by atoms with Crippen LogP contribution in [0.3, 0.4) is 0 Å². The number of carboxylic acids is 1. The lowest BCUT2D eigenvalue weighted by molar-refractivity contribution is -0.139. The summed E-state index contributed by atoms with van der Waals surface area (Å²) < 4.78 is 0. The Bertz CT molecular complexity index is 466. The number of rotatable bonds is 5. The van der Waals surface area contributed by atoms with Crippen LogP contribution in [0, 0.1) is 0 Å². The smallest absolute Gasteiger partial charge is 0.320 e. The van der Waals surface area contributed by atoms with Gasteiger partial charge in [-0.2, -0.15) is 0 Å². The van der Waals surface area contributed by atoms with Gasteiger partial charge in [0.25, 0.3) is 0 Å². The summed E-state index contributed by atoms with van der Waals surface area (Å²) in [6, 6.07) is 3.88. The summed E-state index contributed by atoms with van der Waals surface area (Å²) in [7, 11) is 0. The second-order valence-corrected chi connectivity index (χ2v) is 4.46. The summed E-state index contributed by atoms with van der Waals surface area (Å²) in [5.74, 6) is -1.42. The van der Waals surface area contributed by atoms with E-state index in [4.69, 9.17) is 28.3 Å². The molecule has 0 aliphatic heterocycles. The van der Waals surface area contributed by atoms with E-state index in [0.717, 1.165) is 0 Å². The molecule has 1 rings (SSSR count). The fraction of sp³-hybridized carbons (Fsp3) is 0.273. The highest BCUT2D eigenvalue weighted by Crippen LogP contribution is 2.25. The highest BCUT2D eigenvalue weighted by Gasteiger charge is 2.12. The number of nitrogens with one attached hydrogen (secondary N) is 2. The van der Waals surface area contributed by atoms with Crippen LogP contribution in [0.5, 0.6) is 0 Å². The van der Waals surface area contributed by atoms with Crippen molar-refractivity contribution in [1.82, 2.24) is 5.32 Å². The van der Waals surface area contributed by atoms with Gasteiger partial charge in [0.2, 0.25) is 5.91 Å². The Hall–Kier alpha value is -1.30. The monoisotopic (exact) mass is 290 g/mol. The molecular formula is C11H12Cl2N2O3. The predicted octanol–water partition coefficient (Wildman–Crippen LogP) is 1.99. The van der Waals surface area contributed by atoms with Crippen molar-refractivity contribution in [2.24, 2.45) is 0 Å². The van der Waals surface area contributed by atoms with Crippen molar-refractivity contribution in [1.29, 1.82) is 0 Å². The van der Waals surface area contributed by atoms with Crippen LogP contribution < -0.4 is 10.6 Å². The Morgan fingerprint density at radius 1 is 1.39 bits per heavy atom. The molecule has 7 heteroatoms. The predicted molar refractivity (Wildman–Crippen MR) is 70.2 cm³/mol. The van der Waals surface area contributed by atoms with Crippen LogP contribution in [0.1, 0.15) is 6.92 Å². The molecule has 0 fully saturated rings. The number of carbonyl (C=O) groups excluding carboxylic acids is 1. The first kappa shape index (κ1) is 14.8. The SMILES string of the molecule is CC(NCC(=O)Nc1cc(Cl)ccc1Cl)C(=O)O. The number of hydrogen-bond donors (Lipinski definition) is 3. The second-order valence-electron chi connectivity index (χ2n) is 3.61. The summed E-state index contributed by atoms with van der Waals surface area (Å²) in [6.07, 6.45) is 0. The molecule has 0 aliphatic carbocycles. The maximum Gasteiger partial charge on any atom is 0.320 e. The van der Waals surface area contributed by atoms with Gasteiger partial charge < -0.3 is 10.4 Å². The molecule has 0 aromatic heterocycles. The van der Waals surface area contributed by atoms with Gasteiger partial charge in [0, 0.05) is 5.02 Å². The van der Waals surface area contributed by atoms with E-state index < -0.39 is 17.9 Å². The molecule has 3 N–H and O–H groups in total. The molecule has 0 radical (unpaired) electrons. The van der Waals surface area contributed by atoms with Crippen molar-refractivity contribution in [3.8, 4) is 0 Å². The van der Waals surface area contributed by atoms with Crippen molar-refractivity contribution >= 4 is 40.8 Å². The third-order valence-corrected chi connectivity index (χ3v) is 2.71. The number of benzene rings is 1. The minimum Gasteiger partial charge on any atom is -0.480 e. The first-order valence-corrected chi connectivity index (χ1v) is 5.87. The van der Waals surface area contributed by atoms with Crippen LogP contribution in [0.15, 0.2) is 18.2 Å². The van der Waals surface area contributed by atoms with Crippen LogP contribution in [0.4, 0.5) is 5.69 Å². The molecule has 5 nitrogen and oxygen atoms in total. The molecule has 98 valence electrons. The van der Waals surface area contributed by atoms with Gasteiger partial charge in [-0.1, -0.05) is 23.2 Å². The van der Waals surface area contributed by atoms with Crippen LogP contribution in [-0.2, 0) is 9.59 Å². The van der Waals surface area contributed by atoms with Gasteiger partial charge in [-0.25, -0.2) is 0 Å². The molecule has 1 aromatic rings. The van der Waals surface area contributed by atoms with E-state index in [1.54, 1.807) is 12.1 Å². The van der Waals surface area contributed by atoms with Gasteiger partial charge in [0.1, 0.15) is 6.04 Å². The fourth-order valence-corrected chi connectivity index (χ4v) is 1.46. The lowest BCUT2D eigenvalue weighted by Gasteiger charge is -2.10. The number of aliphatic carboxylic acids is 1. The Kier molecular flexibility index (Phi) is 5.40. The Labute approximate surface area is 114 Å². The zero-order valence-corrected chi connectivity index (χ0v) is 11.0. The average molecular weight is 291 g/mol. The lowest BCUT2D eigenvalue weighted by atomic mass is 10.3. The van der Waals surface area contributed by atoms with Gasteiger partial charge >= 0.3 is 5.97 Å². The van der Waals surface area contributed by atoms with Crippen molar-refractivity contribution in [3.05, 3.63) is 28.2 Å². The molecule has 1 amide bonds. The lowest BCUT2D eigenvalue weighted by Crippen LogP contribution is -2.39. The topological polar surface area (TPSA) is 78.4 Å². The molecule has 0 saturated carbocycles. The van der Waals surface area contributed by atoms with Crippen molar-refractivity contribution < 1.29 is 14.7 Å². The van der Waals surface area contributed by atoms with E-state index in [1.807, 2.05) is 0 Å². The number of carboxylic acid groups (broad SMARTS) is 1. The van der Waals surface area contributed by atoms with Crippen molar-refractivity contribution in [2.75, 3.05) is 11.9 Å². The average Bonchev–Trinajstić information content (AvgIpc) is 2.30. The largest absolute Gasteiger partial charge is 0.480 e. The normalized spacial score (nSPS) is 11.9. The summed E-state index contributed by atoms with van der Waals surface area (Å²) in [5, 5.41) is 14.5. The van der Waals surface area contributed by atoms with E-state index in [-0.39, 0.29) is 6.54 Å². The summed E-state index contributed by atoms with van der Waals surface area (Å²) in [4.78, 5) is 22.1. The summed E-state index contributed by atoms with van der Waals surface area (Å²) in [6.45, 7) is 1.32. The van der Waals surface area contributed by atoms with Gasteiger partial charge in [-0.3, -0.25) is 14.9 Å². The Balaban J connectivity index is 2.54. The van der Waals surface area contributed by atoms with Gasteiger partial charge in [0.15, 0.2) is 0 Å². The summed E-state index contributed by atoms with van der Waals surface area (Å²) >= 11 is 11.6. The van der Waals surface area contributed by atoms with Gasteiger partial charge in [-0.15, -0.1) is 0 Å². The number of hydrogen-bond acceptors (Lipinski definition) is 3. The third kappa shape index (κ3) is 4.52. The Morgan fingerprint density at radius 2 is 2.06 bits per heavy atom. The zero-order chi connectivity index (χ0) is 13.7. The zero-order valence-electron chi connectivity index (χ0n) is 9.54. The molecule has 0 spiro atoms. The third-order valence-electron chi connectivity index (χ3n) is 2.14. The van der Waals surface area contributed by atoms with E-state index in [1.165, 1.54) is 13.0 Å². The molecule has 1 unspecified atom stereocenters. The number of carbonyl (C=O) groups is 2. The van der Waals surface area contributed by atoms with E-state index in [9.17, 15) is 9.59 Å². The van der Waals surface area contributed by atoms with Crippen LogP contribution in [-0.4, -0.2) is 29.6 Å². The van der Waals surface area contributed by atoms with Gasteiger partial charge in [-0.05, 0) is 25.1 Å². The maximum atomic E-state index is 11.5. The van der Waals surface area contributed by atoms with Crippen LogP contribution in [0.25, 0.3) is 0 Å². The minimum atomic E-state index is -1.02. The fourth-order valence-electron chi connectivity index (χ4n) is 1.12. The maximum absolute atomic E-state index is 11.5. The molecule has 0 aliphatic rings. The van der Waals surface area contributed by atoms with E-state index in [0.29, 0.717) is 15.7 Å². The molecule has 1 atom stereocenters. The highest BCUT2D eigenvalue weighted by molar-refractivity contribution is 6.35. The number of amides is 1. The molecule has 0 bridgehead atoms. The quantitative estimate of drug-likeness (QED) is 0.775. The van der Waals surface area contributed by atoms with Crippen LogP contribution >= 0.6 is 23.2 Å². The number of anilines is 1. The molecule has 18 heavy (non-hydrogen) atoms. The van der Waals surface area contributed by atoms with Gasteiger partial charge in [0.05, 0.1) is 17.3 Å². The second kappa shape index (κ2) is 6.58. The molecule has 0 saturated heterocycles. The van der Waals surface area contributed by atoms with E-state index >= 15 is 0 Å². The standard InChI is InChI=1S/C11H12Cl2N2O3/c1-6(11(17)18)14-5-10(16)15-9-4-7(12)2-3-8(9)13/h2-4,6,14H,5H2,1H3,(H,15,16)(H,17,18). The molecule has 0 heterocycles. The van der Waals surface area contributed by atoms with E-state index in [2.05, 4.69) is 10.6 Å². The Morgan fingerprint density at radius 3 is 2.67 bits per heavy atom. The number of halogens is 2. The van der Waals surface area contributed by atoms with Crippen molar-refractivity contribution in [2.45, 2.75) is 13.0 Å². The first-order valence-electron chi connectivity index (χ1n) is 5.11. The summed E-state index contributed by atoms with van der Waals surface area (Å²) in [5.41, 5.74) is 0.388. The molecular weight excluding hydrogens is 279 g/mol. The van der Waals surface area contributed by atoms with Crippen molar-refractivity contribution in [3.63, 3.8) is 0 Å². The van der Waals surface area contributed by atoms with Crippen LogP contribution in [0.2, 0.25) is 10.0 Å². The minimum absolute atomic E-state index is 0.129. The highest BCUT2D eigenvalue weighted by atomic mass is 35.5.